The molecular weight excluding hydrogens is 228 g/mol. The van der Waals surface area contributed by atoms with E-state index in [1.807, 2.05) is 54.6 Å². The second kappa shape index (κ2) is 6.96. The van der Waals surface area contributed by atoms with Crippen LogP contribution in [0.3, 0.4) is 0 Å². The first-order chi connectivity index (χ1) is 8.58. The van der Waals surface area contributed by atoms with Gasteiger partial charge in [0, 0.05) is 24.0 Å². The number of nitrogens with one attached hydrogen (secondary N) is 1. The van der Waals surface area contributed by atoms with E-state index in [0.29, 0.717) is 0 Å². The van der Waals surface area contributed by atoms with E-state index >= 15 is 0 Å². The Labute approximate surface area is 106 Å². The van der Waals surface area contributed by atoms with E-state index < -0.39 is 5.97 Å². The van der Waals surface area contributed by atoms with Crippen LogP contribution in [0.15, 0.2) is 54.6 Å². The van der Waals surface area contributed by atoms with Gasteiger partial charge in [0.05, 0.1) is 0 Å². The van der Waals surface area contributed by atoms with E-state index in [0.717, 1.165) is 24.0 Å². The minimum absolute atomic E-state index is 0.781. The molecule has 0 atom stereocenters. The lowest BCUT2D eigenvalue weighted by Gasteiger charge is -2.05. The average Bonchev–Trinajstić information content (AvgIpc) is 2.33. The van der Waals surface area contributed by atoms with Crippen molar-refractivity contribution in [1.29, 1.82) is 0 Å². The van der Waals surface area contributed by atoms with Crippen molar-refractivity contribution in [2.45, 2.75) is 6.92 Å². The van der Waals surface area contributed by atoms with Crippen LogP contribution >= 0.6 is 0 Å². The summed E-state index contributed by atoms with van der Waals surface area (Å²) in [5, 5.41) is 10.7. The van der Waals surface area contributed by atoms with E-state index in [2.05, 4.69) is 5.32 Å². The number of para-hydroxylation sites is 1. The summed E-state index contributed by atoms with van der Waals surface area (Å²) in [4.78, 5) is 9.00. The van der Waals surface area contributed by atoms with Crippen molar-refractivity contribution in [1.82, 2.24) is 0 Å². The van der Waals surface area contributed by atoms with E-state index in [1.165, 1.54) is 0 Å². The quantitative estimate of drug-likeness (QED) is 0.709. The van der Waals surface area contributed by atoms with Gasteiger partial charge in [0.1, 0.15) is 0 Å². The third-order valence-corrected chi connectivity index (χ3v) is 1.97. The maximum Gasteiger partial charge on any atom is 0.300 e. The zero-order valence-electron chi connectivity index (χ0n) is 10.1. The van der Waals surface area contributed by atoms with Crippen LogP contribution in [0.25, 0.3) is 0 Å². The average molecular weight is 244 g/mol. The van der Waals surface area contributed by atoms with Crippen LogP contribution in [-0.2, 0) is 4.79 Å². The maximum atomic E-state index is 9.00. The minimum Gasteiger partial charge on any atom is -0.481 e. The lowest BCUT2D eigenvalue weighted by molar-refractivity contribution is -0.134. The number of anilines is 3. The van der Waals surface area contributed by atoms with Crippen molar-refractivity contribution in [3.63, 3.8) is 0 Å². The Morgan fingerprint density at radius 2 is 1.44 bits per heavy atom. The van der Waals surface area contributed by atoms with Crippen LogP contribution in [0.2, 0.25) is 0 Å². The summed E-state index contributed by atoms with van der Waals surface area (Å²) in [6.07, 6.45) is 0. The van der Waals surface area contributed by atoms with Gasteiger partial charge >= 0.3 is 0 Å². The first kappa shape index (κ1) is 13.6. The molecule has 0 aliphatic rings. The molecule has 4 nitrogen and oxygen atoms in total. The molecule has 0 fully saturated rings. The first-order valence-electron chi connectivity index (χ1n) is 5.45. The number of rotatable bonds is 2. The molecule has 0 heterocycles. The van der Waals surface area contributed by atoms with Gasteiger partial charge in [-0.3, -0.25) is 4.79 Å². The van der Waals surface area contributed by atoms with Gasteiger partial charge in [-0.25, -0.2) is 0 Å². The minimum atomic E-state index is -0.833. The normalized spacial score (nSPS) is 8.94. The number of hydrogen-bond donors (Lipinski definition) is 3. The number of nitrogens with two attached hydrogens (primary N) is 1. The van der Waals surface area contributed by atoms with Crippen LogP contribution in [0.4, 0.5) is 17.1 Å². The highest BCUT2D eigenvalue weighted by Gasteiger charge is 1.92. The SMILES string of the molecule is CC(=O)O.Nc1ccc(Nc2ccccc2)cc1. The van der Waals surface area contributed by atoms with E-state index in [-0.39, 0.29) is 0 Å². The molecular formula is C14H16N2O2. The number of benzene rings is 2. The Morgan fingerprint density at radius 3 is 1.94 bits per heavy atom. The summed E-state index contributed by atoms with van der Waals surface area (Å²) in [5.41, 5.74) is 8.50. The molecule has 0 saturated heterocycles. The van der Waals surface area contributed by atoms with Crippen molar-refractivity contribution >= 4 is 23.0 Å². The highest BCUT2D eigenvalue weighted by Crippen LogP contribution is 2.16. The van der Waals surface area contributed by atoms with Crippen molar-refractivity contribution in [2.24, 2.45) is 0 Å². The molecule has 4 N–H and O–H groups in total. The maximum absolute atomic E-state index is 9.00. The summed E-state index contributed by atoms with van der Waals surface area (Å²) in [6.45, 7) is 1.08. The molecule has 2 aromatic rings. The number of carboxylic acid groups (broad SMARTS) is 1. The van der Waals surface area contributed by atoms with Gasteiger partial charge in [-0.1, -0.05) is 18.2 Å². The number of aliphatic carboxylic acids is 1. The highest BCUT2D eigenvalue weighted by atomic mass is 16.4. The topological polar surface area (TPSA) is 75.3 Å². The summed E-state index contributed by atoms with van der Waals surface area (Å²) in [5.74, 6) is -0.833. The molecule has 0 saturated carbocycles. The van der Waals surface area contributed by atoms with Gasteiger partial charge in [-0.05, 0) is 36.4 Å². The fourth-order valence-corrected chi connectivity index (χ4v) is 1.25. The lowest BCUT2D eigenvalue weighted by Crippen LogP contribution is -1.90. The number of carbonyl (C=O) groups is 1. The number of hydrogen-bond acceptors (Lipinski definition) is 3. The Bertz CT molecular complexity index is 477. The first-order valence-corrected chi connectivity index (χ1v) is 5.45. The highest BCUT2D eigenvalue weighted by molar-refractivity contribution is 5.63. The van der Waals surface area contributed by atoms with Crippen LogP contribution in [0.5, 0.6) is 0 Å². The predicted octanol–water partition coefficient (Wildman–Crippen LogP) is 3.10. The Hall–Kier alpha value is -2.49. The smallest absolute Gasteiger partial charge is 0.300 e. The summed E-state index contributed by atoms with van der Waals surface area (Å²) >= 11 is 0. The summed E-state index contributed by atoms with van der Waals surface area (Å²) < 4.78 is 0. The standard InChI is InChI=1S/C12H12N2.C2H4O2/c13-10-6-8-12(9-7-10)14-11-4-2-1-3-5-11;1-2(3)4/h1-9,14H,13H2;1H3,(H,3,4). The largest absolute Gasteiger partial charge is 0.481 e. The molecule has 0 aliphatic carbocycles. The molecule has 0 aromatic heterocycles. The van der Waals surface area contributed by atoms with Crippen LogP contribution in [0, 0.1) is 0 Å². The third-order valence-electron chi connectivity index (χ3n) is 1.97. The molecule has 0 aliphatic heterocycles. The Kier molecular flexibility index (Phi) is 5.25. The molecule has 0 spiro atoms. The lowest BCUT2D eigenvalue weighted by atomic mass is 10.2. The van der Waals surface area contributed by atoms with E-state index in [9.17, 15) is 0 Å². The van der Waals surface area contributed by atoms with Crippen molar-refractivity contribution in [3.8, 4) is 0 Å². The predicted molar refractivity (Wildman–Crippen MR) is 73.9 cm³/mol. The van der Waals surface area contributed by atoms with Crippen molar-refractivity contribution in [3.05, 3.63) is 54.6 Å². The summed E-state index contributed by atoms with van der Waals surface area (Å²) in [6, 6.07) is 17.7. The van der Waals surface area contributed by atoms with Crippen molar-refractivity contribution < 1.29 is 9.90 Å². The summed E-state index contributed by atoms with van der Waals surface area (Å²) in [7, 11) is 0. The zero-order valence-corrected chi connectivity index (χ0v) is 10.1. The van der Waals surface area contributed by atoms with Gasteiger partial charge in [-0.15, -0.1) is 0 Å². The fraction of sp³-hybridized carbons (Fsp3) is 0.0714. The van der Waals surface area contributed by atoms with Gasteiger partial charge in [0.25, 0.3) is 5.97 Å². The Morgan fingerprint density at radius 1 is 1.00 bits per heavy atom. The Balaban J connectivity index is 0.000000357. The zero-order chi connectivity index (χ0) is 13.4. The fourth-order valence-electron chi connectivity index (χ4n) is 1.25. The molecule has 0 radical (unpaired) electrons. The van der Waals surface area contributed by atoms with Crippen molar-refractivity contribution in [2.75, 3.05) is 11.1 Å². The molecule has 2 aromatic carbocycles. The molecule has 94 valence electrons. The third kappa shape index (κ3) is 5.55. The molecule has 4 heteroatoms. The van der Waals surface area contributed by atoms with Gasteiger partial charge < -0.3 is 16.2 Å². The van der Waals surface area contributed by atoms with Crippen LogP contribution in [-0.4, -0.2) is 11.1 Å². The molecule has 0 amide bonds. The van der Waals surface area contributed by atoms with Crippen LogP contribution < -0.4 is 11.1 Å². The molecule has 2 rings (SSSR count). The van der Waals surface area contributed by atoms with Gasteiger partial charge in [0.2, 0.25) is 0 Å². The number of nitrogen functional groups attached to an aromatic ring is 1. The second-order valence-corrected chi connectivity index (χ2v) is 3.63. The molecule has 0 bridgehead atoms. The molecule has 0 unspecified atom stereocenters. The van der Waals surface area contributed by atoms with E-state index in [4.69, 9.17) is 15.6 Å². The van der Waals surface area contributed by atoms with Gasteiger partial charge in [0.15, 0.2) is 0 Å². The van der Waals surface area contributed by atoms with E-state index in [1.54, 1.807) is 0 Å². The van der Waals surface area contributed by atoms with Gasteiger partial charge in [-0.2, -0.15) is 0 Å². The van der Waals surface area contributed by atoms with Crippen LogP contribution in [0.1, 0.15) is 6.92 Å². The monoisotopic (exact) mass is 244 g/mol. The number of carboxylic acids is 1. The molecule has 18 heavy (non-hydrogen) atoms. The second-order valence-electron chi connectivity index (χ2n) is 3.63.